The molecule has 0 spiro atoms. The van der Waals surface area contributed by atoms with Gasteiger partial charge in [-0.15, -0.1) is 0 Å². The van der Waals surface area contributed by atoms with Gasteiger partial charge in [0.05, 0.1) is 0 Å². The van der Waals surface area contributed by atoms with Crippen LogP contribution in [-0.2, 0) is 0 Å². The van der Waals surface area contributed by atoms with Gasteiger partial charge < -0.3 is 10.2 Å². The van der Waals surface area contributed by atoms with Gasteiger partial charge in [0.15, 0.2) is 0 Å². The van der Waals surface area contributed by atoms with E-state index in [9.17, 15) is 0 Å². The van der Waals surface area contributed by atoms with Crippen LogP contribution in [0.2, 0.25) is 0 Å². The molecule has 3 heteroatoms. The van der Waals surface area contributed by atoms with Gasteiger partial charge in [-0.3, -0.25) is 0 Å². The molecule has 1 fully saturated rings. The minimum atomic E-state index is 0.294. The zero-order valence-corrected chi connectivity index (χ0v) is 10.7. The molecule has 0 amide bonds. The molecule has 1 aliphatic carbocycles. The smallest absolute Gasteiger partial charge is 0.124 e. The van der Waals surface area contributed by atoms with Crippen LogP contribution in [0.3, 0.4) is 0 Å². The summed E-state index contributed by atoms with van der Waals surface area (Å²) in [7, 11) is 0. The maximum absolute atomic E-state index is 4.58. The second-order valence-corrected chi connectivity index (χ2v) is 5.02. The van der Waals surface area contributed by atoms with E-state index in [4.69, 9.17) is 0 Å². The van der Waals surface area contributed by atoms with Crippen LogP contribution < -0.4 is 5.32 Å². The van der Waals surface area contributed by atoms with Gasteiger partial charge in [-0.2, -0.15) is 0 Å². The molecule has 3 rings (SSSR count). The average Bonchev–Trinajstić information content (AvgIpc) is 3.25. The van der Waals surface area contributed by atoms with Crippen molar-refractivity contribution in [3.8, 4) is 0 Å². The Balaban J connectivity index is 1.59. The van der Waals surface area contributed by atoms with Crippen LogP contribution in [-0.4, -0.2) is 23.4 Å². The topological polar surface area (TPSA) is 27.6 Å². The second-order valence-electron chi connectivity index (χ2n) is 5.02. The Morgan fingerprint density at radius 2 is 2.06 bits per heavy atom. The Morgan fingerprint density at radius 3 is 2.67 bits per heavy atom. The van der Waals surface area contributed by atoms with Crippen molar-refractivity contribution in [2.24, 2.45) is 4.99 Å². The van der Waals surface area contributed by atoms with Gasteiger partial charge in [0.25, 0.3) is 0 Å². The lowest BCUT2D eigenvalue weighted by atomic mass is 10.1. The van der Waals surface area contributed by atoms with Gasteiger partial charge in [-0.1, -0.05) is 30.3 Å². The van der Waals surface area contributed by atoms with Crippen LogP contribution in [0.5, 0.6) is 0 Å². The average molecular weight is 241 g/mol. The fraction of sp³-hybridized carbons (Fsp3) is 0.400. The lowest BCUT2D eigenvalue weighted by molar-refractivity contribution is 0.373. The molecule has 1 saturated carbocycles. The standard InChI is InChI=1S/C15H19N3/c1-12(13-5-3-2-4-6-13)17-15-9-10-18(11-16-15)14-7-8-14/h2-6,9-10,12,14H,7-8,11H2,1H3,(H,16,17). The molecular formula is C15H19N3. The van der Waals surface area contributed by atoms with Crippen molar-refractivity contribution in [2.75, 3.05) is 6.67 Å². The zero-order chi connectivity index (χ0) is 12.4. The zero-order valence-electron chi connectivity index (χ0n) is 10.7. The first kappa shape index (κ1) is 11.3. The van der Waals surface area contributed by atoms with Gasteiger partial charge in [0, 0.05) is 18.3 Å². The molecule has 1 heterocycles. The highest BCUT2D eigenvalue weighted by Gasteiger charge is 2.27. The second kappa shape index (κ2) is 4.84. The predicted octanol–water partition coefficient (Wildman–Crippen LogP) is 2.68. The molecule has 1 aliphatic heterocycles. The summed E-state index contributed by atoms with van der Waals surface area (Å²) in [6.07, 6.45) is 6.90. The van der Waals surface area contributed by atoms with E-state index in [1.165, 1.54) is 18.4 Å². The lowest BCUT2D eigenvalue weighted by Gasteiger charge is -2.23. The number of hydrogen-bond acceptors (Lipinski definition) is 3. The molecule has 2 aliphatic rings. The Hall–Kier alpha value is -1.77. The maximum atomic E-state index is 4.58. The first-order valence-corrected chi connectivity index (χ1v) is 6.63. The monoisotopic (exact) mass is 241 g/mol. The summed E-state index contributed by atoms with van der Waals surface area (Å²) in [5.74, 6) is 0.989. The summed E-state index contributed by atoms with van der Waals surface area (Å²) >= 11 is 0. The van der Waals surface area contributed by atoms with Crippen LogP contribution in [0.15, 0.2) is 47.6 Å². The highest BCUT2D eigenvalue weighted by molar-refractivity contribution is 5.93. The number of hydrogen-bond donors (Lipinski definition) is 1. The van der Waals surface area contributed by atoms with E-state index in [1.807, 2.05) is 6.07 Å². The molecule has 0 radical (unpaired) electrons. The van der Waals surface area contributed by atoms with E-state index in [-0.39, 0.29) is 0 Å². The normalized spacial score (nSPS) is 20.5. The molecule has 1 unspecified atom stereocenters. The van der Waals surface area contributed by atoms with E-state index in [2.05, 4.69) is 58.7 Å². The molecule has 1 atom stereocenters. The third-order valence-electron chi connectivity index (χ3n) is 3.51. The number of nitrogens with zero attached hydrogens (tertiary/aromatic N) is 2. The van der Waals surface area contributed by atoms with Crippen molar-refractivity contribution in [1.82, 2.24) is 10.2 Å². The summed E-state index contributed by atoms with van der Waals surface area (Å²) in [5.41, 5.74) is 1.29. The van der Waals surface area contributed by atoms with Gasteiger partial charge in [0.1, 0.15) is 12.5 Å². The van der Waals surface area contributed by atoms with Crippen LogP contribution in [0.1, 0.15) is 31.4 Å². The molecule has 0 saturated heterocycles. The van der Waals surface area contributed by atoms with E-state index in [1.54, 1.807) is 0 Å². The molecule has 0 aromatic heterocycles. The van der Waals surface area contributed by atoms with Gasteiger partial charge in [-0.05, 0) is 31.4 Å². The van der Waals surface area contributed by atoms with Crippen molar-refractivity contribution < 1.29 is 0 Å². The Bertz CT molecular complexity index is 460. The first-order valence-electron chi connectivity index (χ1n) is 6.63. The van der Waals surface area contributed by atoms with E-state index in [0.717, 1.165) is 18.5 Å². The van der Waals surface area contributed by atoms with Crippen molar-refractivity contribution in [1.29, 1.82) is 0 Å². The molecule has 0 bridgehead atoms. The van der Waals surface area contributed by atoms with Crippen LogP contribution in [0.4, 0.5) is 0 Å². The summed E-state index contributed by atoms with van der Waals surface area (Å²) in [6.45, 7) is 2.96. The molecule has 1 N–H and O–H groups in total. The Kier molecular flexibility index (Phi) is 3.05. The van der Waals surface area contributed by atoms with E-state index < -0.39 is 0 Å². The minimum absolute atomic E-state index is 0.294. The first-order chi connectivity index (χ1) is 8.83. The van der Waals surface area contributed by atoms with Gasteiger partial charge >= 0.3 is 0 Å². The summed E-state index contributed by atoms with van der Waals surface area (Å²) in [6, 6.07) is 11.5. The van der Waals surface area contributed by atoms with Crippen molar-refractivity contribution in [3.05, 3.63) is 48.2 Å². The Morgan fingerprint density at radius 1 is 1.28 bits per heavy atom. The summed E-state index contributed by atoms with van der Waals surface area (Å²) < 4.78 is 0. The third kappa shape index (κ3) is 2.55. The molecule has 18 heavy (non-hydrogen) atoms. The van der Waals surface area contributed by atoms with Crippen LogP contribution in [0, 0.1) is 0 Å². The number of nitrogens with one attached hydrogen (secondary N) is 1. The molecular weight excluding hydrogens is 222 g/mol. The largest absolute Gasteiger partial charge is 0.364 e. The lowest BCUT2D eigenvalue weighted by Crippen LogP contribution is -2.31. The van der Waals surface area contributed by atoms with Crippen LogP contribution >= 0.6 is 0 Å². The Labute approximate surface area is 108 Å². The third-order valence-corrected chi connectivity index (χ3v) is 3.51. The van der Waals surface area contributed by atoms with Crippen molar-refractivity contribution in [2.45, 2.75) is 31.8 Å². The van der Waals surface area contributed by atoms with Gasteiger partial charge in [-0.25, -0.2) is 4.99 Å². The molecule has 1 aromatic carbocycles. The highest BCUT2D eigenvalue weighted by atomic mass is 15.3. The minimum Gasteiger partial charge on any atom is -0.364 e. The van der Waals surface area contributed by atoms with Gasteiger partial charge in [0.2, 0.25) is 0 Å². The van der Waals surface area contributed by atoms with Crippen LogP contribution in [0.25, 0.3) is 0 Å². The maximum Gasteiger partial charge on any atom is 0.124 e. The number of rotatable bonds is 3. The summed E-state index contributed by atoms with van der Waals surface area (Å²) in [5, 5.41) is 3.45. The fourth-order valence-electron chi connectivity index (χ4n) is 2.21. The quantitative estimate of drug-likeness (QED) is 0.881. The summed E-state index contributed by atoms with van der Waals surface area (Å²) in [4.78, 5) is 6.90. The fourth-order valence-corrected chi connectivity index (χ4v) is 2.21. The number of amidine groups is 1. The van der Waals surface area contributed by atoms with E-state index in [0.29, 0.717) is 6.04 Å². The molecule has 3 nitrogen and oxygen atoms in total. The van der Waals surface area contributed by atoms with E-state index >= 15 is 0 Å². The number of benzene rings is 1. The predicted molar refractivity (Wildman–Crippen MR) is 74.3 cm³/mol. The highest BCUT2D eigenvalue weighted by Crippen LogP contribution is 2.27. The number of aliphatic imine (C=N–C) groups is 1. The molecule has 94 valence electrons. The van der Waals surface area contributed by atoms with Crippen molar-refractivity contribution >= 4 is 5.84 Å². The SMILES string of the molecule is CC(NC1=NCN(C2CC2)C=C1)c1ccccc1. The molecule has 1 aromatic rings. The van der Waals surface area contributed by atoms with Crippen molar-refractivity contribution in [3.63, 3.8) is 0 Å².